The van der Waals surface area contributed by atoms with Crippen molar-refractivity contribution in [2.75, 3.05) is 0 Å². The molecule has 0 unspecified atom stereocenters. The first-order valence-corrected chi connectivity index (χ1v) is 8.77. The number of halogens is 2. The highest BCUT2D eigenvalue weighted by molar-refractivity contribution is 6.35. The second-order valence-electron chi connectivity index (χ2n) is 6.09. The lowest BCUT2D eigenvalue weighted by Gasteiger charge is -2.11. The quantitative estimate of drug-likeness (QED) is 0.501. The molecular formula is C20H17Cl2N3O. The van der Waals surface area contributed by atoms with Crippen molar-refractivity contribution in [1.29, 1.82) is 5.26 Å². The van der Waals surface area contributed by atoms with Gasteiger partial charge in [-0.2, -0.15) is 5.26 Å². The Kier molecular flexibility index (Phi) is 4.95. The van der Waals surface area contributed by atoms with Crippen molar-refractivity contribution in [2.24, 2.45) is 4.99 Å². The Morgan fingerprint density at radius 1 is 1.15 bits per heavy atom. The summed E-state index contributed by atoms with van der Waals surface area (Å²) in [5, 5.41) is 10.5. The lowest BCUT2D eigenvalue weighted by molar-refractivity contribution is 0.542. The average molecular weight is 386 g/mol. The molecule has 0 aliphatic rings. The van der Waals surface area contributed by atoms with Gasteiger partial charge in [0.15, 0.2) is 0 Å². The fraction of sp³-hybridized carbons (Fsp3) is 0.200. The summed E-state index contributed by atoms with van der Waals surface area (Å²) >= 11 is 12.4. The highest BCUT2D eigenvalue weighted by Gasteiger charge is 2.15. The predicted octanol–water partition coefficient (Wildman–Crippen LogP) is 6.23. The highest BCUT2D eigenvalue weighted by atomic mass is 35.5. The molecule has 2 aromatic heterocycles. The van der Waals surface area contributed by atoms with Gasteiger partial charge in [0.1, 0.15) is 17.4 Å². The van der Waals surface area contributed by atoms with Crippen molar-refractivity contribution in [3.05, 3.63) is 68.1 Å². The number of rotatable bonds is 3. The van der Waals surface area contributed by atoms with E-state index >= 15 is 0 Å². The summed E-state index contributed by atoms with van der Waals surface area (Å²) in [6.07, 6.45) is 1.71. The van der Waals surface area contributed by atoms with Crippen molar-refractivity contribution >= 4 is 35.3 Å². The van der Waals surface area contributed by atoms with Gasteiger partial charge >= 0.3 is 0 Å². The third-order valence-electron chi connectivity index (χ3n) is 4.42. The standard InChI is InChI=1S/C20H17Cl2N3O/c1-11-7-15(10-24-20-17(9-23)12(2)14(4)26-20)13(3)25(11)19-6-5-16(21)8-18(19)22/h5-8,10H,1-4H3. The third-order valence-corrected chi connectivity index (χ3v) is 4.96. The normalized spacial score (nSPS) is 11.3. The molecule has 0 bridgehead atoms. The van der Waals surface area contributed by atoms with Crippen molar-refractivity contribution in [3.63, 3.8) is 0 Å². The maximum atomic E-state index is 9.30. The van der Waals surface area contributed by atoms with Crippen LogP contribution < -0.4 is 0 Å². The van der Waals surface area contributed by atoms with Crippen LogP contribution in [0.25, 0.3) is 5.69 Å². The Balaban J connectivity index is 2.04. The van der Waals surface area contributed by atoms with Crippen LogP contribution in [0.1, 0.15) is 33.8 Å². The summed E-state index contributed by atoms with van der Waals surface area (Å²) in [4.78, 5) is 4.39. The average Bonchev–Trinajstić information content (AvgIpc) is 3.02. The van der Waals surface area contributed by atoms with Gasteiger partial charge in [0.2, 0.25) is 5.88 Å². The van der Waals surface area contributed by atoms with Gasteiger partial charge in [-0.3, -0.25) is 0 Å². The van der Waals surface area contributed by atoms with Gasteiger partial charge in [0.05, 0.1) is 10.7 Å². The molecule has 1 aromatic carbocycles. The molecule has 3 rings (SSSR count). The monoisotopic (exact) mass is 385 g/mol. The summed E-state index contributed by atoms with van der Waals surface area (Å²) in [7, 11) is 0. The fourth-order valence-electron chi connectivity index (χ4n) is 2.91. The van der Waals surface area contributed by atoms with Crippen molar-refractivity contribution in [1.82, 2.24) is 4.57 Å². The van der Waals surface area contributed by atoms with Crippen LogP contribution in [0.2, 0.25) is 10.0 Å². The molecular weight excluding hydrogens is 369 g/mol. The highest BCUT2D eigenvalue weighted by Crippen LogP contribution is 2.30. The van der Waals surface area contributed by atoms with E-state index in [0.717, 1.165) is 28.2 Å². The van der Waals surface area contributed by atoms with E-state index in [1.165, 1.54) is 0 Å². The van der Waals surface area contributed by atoms with E-state index in [2.05, 4.69) is 11.1 Å². The molecule has 0 aliphatic heterocycles. The number of aliphatic imine (C=N–C) groups is 1. The van der Waals surface area contributed by atoms with E-state index in [-0.39, 0.29) is 0 Å². The largest absolute Gasteiger partial charge is 0.442 e. The summed E-state index contributed by atoms with van der Waals surface area (Å²) in [6.45, 7) is 7.66. The fourth-order valence-corrected chi connectivity index (χ4v) is 3.40. The topological polar surface area (TPSA) is 54.2 Å². The minimum absolute atomic E-state index is 0.330. The minimum atomic E-state index is 0.330. The van der Waals surface area contributed by atoms with Gasteiger partial charge < -0.3 is 8.98 Å². The molecule has 3 aromatic rings. The summed E-state index contributed by atoms with van der Waals surface area (Å²) < 4.78 is 7.63. The Labute approximate surface area is 162 Å². The van der Waals surface area contributed by atoms with E-state index in [1.54, 1.807) is 12.3 Å². The minimum Gasteiger partial charge on any atom is -0.442 e. The number of hydrogen-bond donors (Lipinski definition) is 0. The molecule has 0 N–H and O–H groups in total. The second-order valence-corrected chi connectivity index (χ2v) is 6.93. The number of hydrogen-bond acceptors (Lipinski definition) is 3. The summed E-state index contributed by atoms with van der Waals surface area (Å²) in [6, 6.07) is 9.58. The van der Waals surface area contributed by atoms with Crippen LogP contribution in [0.15, 0.2) is 33.7 Å². The molecule has 4 nitrogen and oxygen atoms in total. The Morgan fingerprint density at radius 2 is 1.88 bits per heavy atom. The molecule has 0 atom stereocenters. The lowest BCUT2D eigenvalue weighted by atomic mass is 10.2. The predicted molar refractivity (Wildman–Crippen MR) is 105 cm³/mol. The van der Waals surface area contributed by atoms with Gasteiger partial charge in [-0.25, -0.2) is 4.99 Å². The van der Waals surface area contributed by atoms with E-state index in [4.69, 9.17) is 27.6 Å². The lowest BCUT2D eigenvalue weighted by Crippen LogP contribution is -2.00. The molecule has 132 valence electrons. The molecule has 0 radical (unpaired) electrons. The van der Waals surface area contributed by atoms with E-state index in [0.29, 0.717) is 27.3 Å². The SMILES string of the molecule is Cc1oc(N=Cc2cc(C)n(-c3ccc(Cl)cc3Cl)c2C)c(C#N)c1C. The number of aromatic nitrogens is 1. The van der Waals surface area contributed by atoms with Gasteiger partial charge in [-0.1, -0.05) is 23.2 Å². The zero-order chi connectivity index (χ0) is 19.0. The number of nitrogens with zero attached hydrogens (tertiary/aromatic N) is 3. The maximum Gasteiger partial charge on any atom is 0.237 e. The first-order valence-electron chi connectivity index (χ1n) is 8.02. The molecule has 0 saturated carbocycles. The van der Waals surface area contributed by atoms with Crippen LogP contribution in [0, 0.1) is 39.0 Å². The van der Waals surface area contributed by atoms with Gasteiger partial charge in [-0.05, 0) is 52.0 Å². The molecule has 2 heterocycles. The van der Waals surface area contributed by atoms with Gasteiger partial charge in [0, 0.05) is 33.8 Å². The molecule has 6 heteroatoms. The molecule has 26 heavy (non-hydrogen) atoms. The van der Waals surface area contributed by atoms with Crippen molar-refractivity contribution in [2.45, 2.75) is 27.7 Å². The molecule has 0 spiro atoms. The number of aryl methyl sites for hydroxylation is 2. The van der Waals surface area contributed by atoms with Crippen LogP contribution in [0.5, 0.6) is 0 Å². The van der Waals surface area contributed by atoms with Crippen molar-refractivity contribution < 1.29 is 4.42 Å². The molecule has 0 aliphatic carbocycles. The maximum absolute atomic E-state index is 9.30. The number of benzene rings is 1. The zero-order valence-electron chi connectivity index (χ0n) is 14.9. The smallest absolute Gasteiger partial charge is 0.237 e. The second kappa shape index (κ2) is 7.03. The summed E-state index contributed by atoms with van der Waals surface area (Å²) in [5.41, 5.74) is 5.05. The van der Waals surface area contributed by atoms with E-state index in [9.17, 15) is 5.26 Å². The van der Waals surface area contributed by atoms with Crippen LogP contribution in [0.4, 0.5) is 5.88 Å². The molecule has 0 fully saturated rings. The van der Waals surface area contributed by atoms with Gasteiger partial charge in [0.25, 0.3) is 0 Å². The Hall–Kier alpha value is -2.48. The first-order chi connectivity index (χ1) is 12.3. The van der Waals surface area contributed by atoms with Crippen LogP contribution in [0.3, 0.4) is 0 Å². The van der Waals surface area contributed by atoms with Gasteiger partial charge in [-0.15, -0.1) is 0 Å². The number of furan rings is 1. The van der Waals surface area contributed by atoms with Crippen LogP contribution in [-0.2, 0) is 0 Å². The van der Waals surface area contributed by atoms with E-state index < -0.39 is 0 Å². The zero-order valence-corrected chi connectivity index (χ0v) is 16.4. The third kappa shape index (κ3) is 3.16. The molecule has 0 amide bonds. The first kappa shape index (κ1) is 18.3. The van der Waals surface area contributed by atoms with E-state index in [1.807, 2.05) is 50.5 Å². The Bertz CT molecular complexity index is 1070. The van der Waals surface area contributed by atoms with Crippen LogP contribution in [-0.4, -0.2) is 10.8 Å². The Morgan fingerprint density at radius 3 is 2.54 bits per heavy atom. The summed E-state index contributed by atoms with van der Waals surface area (Å²) in [5.74, 6) is 1.03. The van der Waals surface area contributed by atoms with Crippen LogP contribution >= 0.6 is 23.2 Å². The number of nitriles is 1. The van der Waals surface area contributed by atoms with Crippen molar-refractivity contribution in [3.8, 4) is 11.8 Å². The molecule has 0 saturated heterocycles.